The van der Waals surface area contributed by atoms with Gasteiger partial charge in [-0.1, -0.05) is 43.6 Å². The summed E-state index contributed by atoms with van der Waals surface area (Å²) in [6.45, 7) is 6.49. The number of halogens is 1. The first-order valence-electron chi connectivity index (χ1n) is 9.86. The Morgan fingerprint density at radius 3 is 1.81 bits per heavy atom. The lowest BCUT2D eigenvalue weighted by Gasteiger charge is -2.27. The summed E-state index contributed by atoms with van der Waals surface area (Å²) in [5, 5.41) is 2.38. The number of Topliss-reactive ketones (excluding diaryl/α,β-unsaturated/α-hetero) is 2. The number of hydrogen-bond acceptors (Lipinski definition) is 8. The van der Waals surface area contributed by atoms with E-state index in [4.69, 9.17) is 14.2 Å². The van der Waals surface area contributed by atoms with Crippen LogP contribution in [0.2, 0.25) is 0 Å². The molecule has 1 amide bonds. The van der Waals surface area contributed by atoms with Gasteiger partial charge in [-0.25, -0.2) is 0 Å². The van der Waals surface area contributed by atoms with Crippen molar-refractivity contribution in [2.45, 2.75) is 93.3 Å². The molecule has 0 radical (unpaired) electrons. The van der Waals surface area contributed by atoms with Crippen LogP contribution < -0.4 is 10.1 Å². The van der Waals surface area contributed by atoms with Crippen molar-refractivity contribution >= 4 is 33.3 Å². The topological polar surface area (TPSA) is 145 Å². The molecule has 222 valence electrons. The molecule has 0 spiro atoms. The molecule has 10 nitrogen and oxygen atoms in total. The predicted molar refractivity (Wildman–Crippen MR) is 148 cm³/mol. The highest BCUT2D eigenvalue weighted by Crippen LogP contribution is 2.28. The molecule has 0 aromatic heterocycles. The number of methoxy groups -OCH3 is 3. The maximum absolute atomic E-state index is 12.2. The molecule has 0 bridgehead atoms. The molecule has 1 aromatic carbocycles. The first-order chi connectivity index (χ1) is 14.8. The molecular weight excluding hydrogens is 509 g/mol. The lowest BCUT2D eigenvalue weighted by atomic mass is 9.91. The van der Waals surface area contributed by atoms with Crippen LogP contribution in [0, 0.1) is 0 Å². The number of anilines is 1. The second-order valence-electron chi connectivity index (χ2n) is 6.91. The second kappa shape index (κ2) is 21.7. The van der Waals surface area contributed by atoms with Crippen LogP contribution in [0.15, 0.2) is 23.1 Å². The molecule has 1 aromatic rings. The minimum Gasteiger partial charge on any atom is -0.497 e. The Bertz CT molecular complexity index is 897. The van der Waals surface area contributed by atoms with Crippen molar-refractivity contribution in [1.82, 2.24) is 0 Å². The van der Waals surface area contributed by atoms with Crippen LogP contribution in [0.1, 0.15) is 76.7 Å². The van der Waals surface area contributed by atoms with Crippen LogP contribution in [0.25, 0.3) is 0 Å². The van der Waals surface area contributed by atoms with Gasteiger partial charge < -0.3 is 19.5 Å². The minimum atomic E-state index is -4.58. The fourth-order valence-electron chi connectivity index (χ4n) is 2.88. The van der Waals surface area contributed by atoms with E-state index in [0.29, 0.717) is 0 Å². The van der Waals surface area contributed by atoms with Crippen molar-refractivity contribution in [1.29, 1.82) is 0 Å². The number of hydrogen-bond donors (Lipinski definition) is 2. The van der Waals surface area contributed by atoms with Gasteiger partial charge in [-0.15, -0.1) is 0 Å². The fraction of sp³-hybridized carbons (Fsp3) is 0.640. The van der Waals surface area contributed by atoms with Gasteiger partial charge >= 0.3 is 0 Å². The monoisotopic (exact) mass is 559 g/mol. The summed E-state index contributed by atoms with van der Waals surface area (Å²) in [7, 11) is -0.360. The molecule has 0 aliphatic carbocycles. The number of rotatable bonds is 11. The predicted octanol–water partition coefficient (Wildman–Crippen LogP) is 5.35. The van der Waals surface area contributed by atoms with E-state index in [1.807, 2.05) is 6.92 Å². The normalized spacial score (nSPS) is 11.9. The largest absolute Gasteiger partial charge is 0.497 e. The molecule has 0 saturated heterocycles. The molecule has 12 heteroatoms. The standard InChI is InChI=1S/C15H21NO7S.C6H12O2.4CH4.FH/c1-5-15(23-4,10(2)17)9-14(18)16-12-7-6-11(22-3)8-13(12)24(19,20)21;1-4-6(8-3)5(2)7;;;;;/h6-8H,5,9H2,1-4H3,(H,16,18)(H,19,20,21);6H,4H2,1-3H3;4*1H4;1H. The maximum Gasteiger partial charge on any atom is 0.296 e. The van der Waals surface area contributed by atoms with Gasteiger partial charge in [0.15, 0.2) is 11.6 Å². The molecule has 0 aliphatic rings. The van der Waals surface area contributed by atoms with Gasteiger partial charge in [0, 0.05) is 20.3 Å². The second-order valence-corrected chi connectivity index (χ2v) is 8.30. The van der Waals surface area contributed by atoms with Crippen molar-refractivity contribution in [3.63, 3.8) is 0 Å². The van der Waals surface area contributed by atoms with E-state index in [-0.39, 0.29) is 76.4 Å². The number of nitrogens with one attached hydrogen (secondary N) is 1. The minimum absolute atomic E-state index is 0. The third-order valence-electron chi connectivity index (χ3n) is 4.90. The highest BCUT2D eigenvalue weighted by molar-refractivity contribution is 7.86. The van der Waals surface area contributed by atoms with E-state index in [1.54, 1.807) is 14.0 Å². The summed E-state index contributed by atoms with van der Waals surface area (Å²) in [4.78, 5) is 34.0. The molecule has 0 saturated carbocycles. The lowest BCUT2D eigenvalue weighted by molar-refractivity contribution is -0.144. The lowest BCUT2D eigenvalue weighted by Crippen LogP contribution is -2.42. The van der Waals surface area contributed by atoms with Crippen LogP contribution in [0.3, 0.4) is 0 Å². The molecule has 1 rings (SSSR count). The average molecular weight is 560 g/mol. The van der Waals surface area contributed by atoms with Crippen molar-refractivity contribution in [2.24, 2.45) is 0 Å². The van der Waals surface area contributed by atoms with Crippen LogP contribution in [0.5, 0.6) is 5.75 Å². The van der Waals surface area contributed by atoms with Gasteiger partial charge in [-0.2, -0.15) is 8.42 Å². The molecular formula is C25H50FNO9S. The number of benzene rings is 1. The fourth-order valence-corrected chi connectivity index (χ4v) is 3.54. The molecule has 37 heavy (non-hydrogen) atoms. The van der Waals surface area contributed by atoms with Gasteiger partial charge in [-0.05, 0) is 38.8 Å². The molecule has 2 N–H and O–H groups in total. The number of carbonyl (C=O) groups excluding carboxylic acids is 3. The van der Waals surface area contributed by atoms with Crippen LogP contribution >= 0.6 is 0 Å². The van der Waals surface area contributed by atoms with Crippen molar-refractivity contribution in [3.8, 4) is 5.75 Å². The summed E-state index contributed by atoms with van der Waals surface area (Å²) >= 11 is 0. The van der Waals surface area contributed by atoms with Crippen LogP contribution in [-0.2, 0) is 34.0 Å². The van der Waals surface area contributed by atoms with Crippen molar-refractivity contribution < 1.29 is 46.3 Å². The first-order valence-corrected chi connectivity index (χ1v) is 11.3. The van der Waals surface area contributed by atoms with Crippen LogP contribution in [0.4, 0.5) is 10.4 Å². The third-order valence-corrected chi connectivity index (χ3v) is 5.79. The molecule has 0 aliphatic heterocycles. The average Bonchev–Trinajstić information content (AvgIpc) is 2.72. The van der Waals surface area contributed by atoms with Gasteiger partial charge in [0.05, 0.1) is 19.2 Å². The number of ether oxygens (including phenoxy) is 3. The summed E-state index contributed by atoms with van der Waals surface area (Å²) in [5.41, 5.74) is -1.40. The van der Waals surface area contributed by atoms with E-state index in [9.17, 15) is 27.4 Å². The van der Waals surface area contributed by atoms with E-state index >= 15 is 0 Å². The molecule has 2 atom stereocenters. The summed E-state index contributed by atoms with van der Waals surface area (Å²) < 4.78 is 47.2. The van der Waals surface area contributed by atoms with E-state index < -0.39 is 26.5 Å². The zero-order valence-corrected chi connectivity index (χ0v) is 20.8. The smallest absolute Gasteiger partial charge is 0.296 e. The Balaban J connectivity index is -0.000000162. The van der Waals surface area contributed by atoms with Gasteiger partial charge in [-0.3, -0.25) is 23.6 Å². The summed E-state index contributed by atoms with van der Waals surface area (Å²) in [5.74, 6) is -0.629. The SMILES string of the molecule is C.C.C.C.CCC(CC(=O)Nc1ccc(OC)cc1S(=O)(=O)O)(OC)C(C)=O.CCC(OC)C(C)=O.F. The zero-order valence-electron chi connectivity index (χ0n) is 20.0. The van der Waals surface area contributed by atoms with Crippen molar-refractivity contribution in [3.05, 3.63) is 18.2 Å². The Kier molecular flexibility index (Phi) is 27.9. The van der Waals surface area contributed by atoms with Crippen LogP contribution in [-0.4, -0.2) is 63.5 Å². The third kappa shape index (κ3) is 14.8. The van der Waals surface area contributed by atoms with Gasteiger partial charge in [0.2, 0.25) is 5.91 Å². The van der Waals surface area contributed by atoms with Gasteiger partial charge in [0.25, 0.3) is 10.1 Å². The molecule has 0 fully saturated rings. The highest BCUT2D eigenvalue weighted by atomic mass is 32.2. The Labute approximate surface area is 223 Å². The number of amides is 1. The Morgan fingerprint density at radius 2 is 1.54 bits per heavy atom. The summed E-state index contributed by atoms with van der Waals surface area (Å²) in [6.07, 6.45) is 0.577. The zero-order chi connectivity index (χ0) is 25.1. The maximum atomic E-state index is 12.2. The van der Waals surface area contributed by atoms with E-state index in [2.05, 4.69) is 5.32 Å². The Morgan fingerprint density at radius 1 is 1.03 bits per heavy atom. The van der Waals surface area contributed by atoms with Crippen molar-refractivity contribution in [2.75, 3.05) is 26.6 Å². The number of carbonyl (C=O) groups is 3. The molecule has 0 heterocycles. The van der Waals surface area contributed by atoms with E-state index in [1.165, 1.54) is 40.2 Å². The van der Waals surface area contributed by atoms with E-state index in [0.717, 1.165) is 12.5 Å². The molecule has 2 unspecified atom stereocenters. The first kappa shape index (κ1) is 47.7. The highest BCUT2D eigenvalue weighted by Gasteiger charge is 2.36. The van der Waals surface area contributed by atoms with Gasteiger partial charge in [0.1, 0.15) is 22.4 Å². The summed E-state index contributed by atoms with van der Waals surface area (Å²) in [6, 6.07) is 3.80. The quantitative estimate of drug-likeness (QED) is 0.342. The Hall–Kier alpha value is -2.41. The number of ketones is 2.